The Morgan fingerprint density at radius 2 is 1.70 bits per heavy atom. The van der Waals surface area contributed by atoms with Crippen LogP contribution in [0.1, 0.15) is 38.5 Å². The molecule has 0 radical (unpaired) electrons. The molecule has 0 aromatic heterocycles. The molecule has 7 heteroatoms. The second-order valence-electron chi connectivity index (χ2n) is 5.91. The topological polar surface area (TPSA) is 70.1 Å². The van der Waals surface area contributed by atoms with E-state index < -0.39 is 15.8 Å². The molecule has 2 aliphatic heterocycles. The van der Waals surface area contributed by atoms with Crippen molar-refractivity contribution in [3.8, 4) is 0 Å². The summed E-state index contributed by atoms with van der Waals surface area (Å²) in [5.74, 6) is 0. The Bertz CT molecular complexity index is 399. The molecule has 20 heavy (non-hydrogen) atoms. The number of nitrogens with zero attached hydrogens (tertiary/aromatic N) is 2. The first kappa shape index (κ1) is 16.2. The third-order valence-electron chi connectivity index (χ3n) is 4.23. The Kier molecular flexibility index (Phi) is 5.42. The monoisotopic (exact) mass is 306 g/mol. The minimum Gasteiger partial charge on any atom is -0.388 e. The molecule has 1 N–H and O–H groups in total. The minimum atomic E-state index is -3.46. The highest BCUT2D eigenvalue weighted by molar-refractivity contribution is 7.86. The lowest BCUT2D eigenvalue weighted by atomic mass is 9.95. The number of hydrogen-bond acceptors (Lipinski definition) is 4. The molecule has 2 heterocycles. The fourth-order valence-corrected chi connectivity index (χ4v) is 4.39. The lowest BCUT2D eigenvalue weighted by Crippen LogP contribution is -2.51. The predicted molar refractivity (Wildman–Crippen MR) is 76.6 cm³/mol. The molecule has 2 rings (SSSR count). The molecule has 0 unspecified atom stereocenters. The van der Waals surface area contributed by atoms with Crippen molar-refractivity contribution in [2.45, 2.75) is 44.1 Å². The molecular weight excluding hydrogens is 280 g/mol. The maximum Gasteiger partial charge on any atom is 0.281 e. The summed E-state index contributed by atoms with van der Waals surface area (Å²) in [6.45, 7) is 2.32. The van der Waals surface area contributed by atoms with Crippen molar-refractivity contribution in [1.82, 2.24) is 8.61 Å². The van der Waals surface area contributed by atoms with Crippen molar-refractivity contribution >= 4 is 10.2 Å². The van der Waals surface area contributed by atoms with Gasteiger partial charge in [0.15, 0.2) is 0 Å². The van der Waals surface area contributed by atoms with Crippen LogP contribution in [0.2, 0.25) is 0 Å². The Morgan fingerprint density at radius 3 is 2.25 bits per heavy atom. The zero-order valence-corrected chi connectivity index (χ0v) is 13.1. The molecule has 6 nitrogen and oxygen atoms in total. The van der Waals surface area contributed by atoms with E-state index in [1.54, 1.807) is 11.4 Å². The highest BCUT2D eigenvalue weighted by Crippen LogP contribution is 2.24. The van der Waals surface area contributed by atoms with Gasteiger partial charge in [-0.3, -0.25) is 0 Å². The van der Waals surface area contributed by atoms with Crippen LogP contribution in [0.5, 0.6) is 0 Å². The standard InChI is InChI=1S/C13H26N2O4S/c1-14(12-13(16)6-10-19-11-7-13)20(17,18)15-8-4-2-3-5-9-15/h16H,2-12H2,1H3. The van der Waals surface area contributed by atoms with Gasteiger partial charge in [-0.25, -0.2) is 0 Å². The summed E-state index contributed by atoms with van der Waals surface area (Å²) in [4.78, 5) is 0. The summed E-state index contributed by atoms with van der Waals surface area (Å²) >= 11 is 0. The molecule has 0 saturated carbocycles. The molecule has 0 amide bonds. The zero-order valence-electron chi connectivity index (χ0n) is 12.3. The summed E-state index contributed by atoms with van der Waals surface area (Å²) in [5.41, 5.74) is -0.952. The molecule has 2 aliphatic rings. The highest BCUT2D eigenvalue weighted by Gasteiger charge is 2.36. The summed E-state index contributed by atoms with van der Waals surface area (Å²) in [6.07, 6.45) is 5.02. The van der Waals surface area contributed by atoms with Crippen LogP contribution < -0.4 is 0 Å². The minimum absolute atomic E-state index is 0.148. The first-order chi connectivity index (χ1) is 9.44. The molecule has 0 aromatic rings. The van der Waals surface area contributed by atoms with Gasteiger partial charge in [-0.15, -0.1) is 0 Å². The molecule has 0 bridgehead atoms. The fraction of sp³-hybridized carbons (Fsp3) is 1.00. The Labute approximate surface area is 121 Å². The molecular formula is C13H26N2O4S. The maximum absolute atomic E-state index is 12.6. The van der Waals surface area contributed by atoms with Crippen LogP contribution in [0, 0.1) is 0 Å². The van der Waals surface area contributed by atoms with Gasteiger partial charge in [0.2, 0.25) is 0 Å². The lowest BCUT2D eigenvalue weighted by molar-refractivity contribution is -0.0693. The largest absolute Gasteiger partial charge is 0.388 e. The van der Waals surface area contributed by atoms with E-state index in [1.807, 2.05) is 0 Å². The number of rotatable bonds is 4. The van der Waals surface area contributed by atoms with Gasteiger partial charge in [0.25, 0.3) is 10.2 Å². The van der Waals surface area contributed by atoms with Crippen LogP contribution in [-0.4, -0.2) is 67.6 Å². The highest BCUT2D eigenvalue weighted by atomic mass is 32.2. The maximum atomic E-state index is 12.6. The van der Waals surface area contributed by atoms with Crippen molar-refractivity contribution in [1.29, 1.82) is 0 Å². The second-order valence-corrected chi connectivity index (χ2v) is 7.95. The van der Waals surface area contributed by atoms with E-state index in [0.717, 1.165) is 25.7 Å². The number of ether oxygens (including phenoxy) is 1. The van der Waals surface area contributed by atoms with Crippen LogP contribution in [-0.2, 0) is 14.9 Å². The van der Waals surface area contributed by atoms with Crippen LogP contribution in [0.25, 0.3) is 0 Å². The molecule has 2 saturated heterocycles. The second kappa shape index (κ2) is 6.70. The van der Waals surface area contributed by atoms with Gasteiger partial charge in [-0.05, 0) is 12.8 Å². The van der Waals surface area contributed by atoms with Crippen molar-refractivity contribution < 1.29 is 18.3 Å². The SMILES string of the molecule is CN(CC1(O)CCOCC1)S(=O)(=O)N1CCCCCC1. The summed E-state index contributed by atoms with van der Waals surface area (Å²) < 4.78 is 33.2. The average molecular weight is 306 g/mol. The molecule has 0 aliphatic carbocycles. The number of likely N-dealkylation sites (N-methyl/N-ethyl adjacent to an activating group) is 1. The normalized spacial score (nSPS) is 25.6. The fourth-order valence-electron chi connectivity index (χ4n) is 2.88. The Morgan fingerprint density at radius 1 is 1.15 bits per heavy atom. The molecule has 0 atom stereocenters. The van der Waals surface area contributed by atoms with Gasteiger partial charge in [0.05, 0.1) is 5.60 Å². The smallest absolute Gasteiger partial charge is 0.281 e. The van der Waals surface area contributed by atoms with Crippen LogP contribution >= 0.6 is 0 Å². The zero-order chi connectivity index (χ0) is 14.6. The van der Waals surface area contributed by atoms with E-state index in [4.69, 9.17) is 4.74 Å². The van der Waals surface area contributed by atoms with Crippen molar-refractivity contribution in [2.24, 2.45) is 0 Å². The van der Waals surface area contributed by atoms with Crippen molar-refractivity contribution in [3.63, 3.8) is 0 Å². The summed E-state index contributed by atoms with van der Waals surface area (Å²) in [6, 6.07) is 0. The van der Waals surface area contributed by atoms with E-state index in [0.29, 0.717) is 39.1 Å². The van der Waals surface area contributed by atoms with Gasteiger partial charge in [-0.2, -0.15) is 17.0 Å². The first-order valence-corrected chi connectivity index (χ1v) is 8.85. The van der Waals surface area contributed by atoms with Gasteiger partial charge < -0.3 is 9.84 Å². The average Bonchev–Trinajstić information content (AvgIpc) is 2.68. The third-order valence-corrected chi connectivity index (χ3v) is 6.16. The molecule has 2 fully saturated rings. The quantitative estimate of drug-likeness (QED) is 0.825. The van der Waals surface area contributed by atoms with E-state index >= 15 is 0 Å². The van der Waals surface area contributed by atoms with Gasteiger partial charge >= 0.3 is 0 Å². The summed E-state index contributed by atoms with van der Waals surface area (Å²) in [7, 11) is -1.89. The number of hydrogen-bond donors (Lipinski definition) is 1. The Balaban J connectivity index is 2.00. The number of aliphatic hydroxyl groups is 1. The Hall–Kier alpha value is -0.210. The van der Waals surface area contributed by atoms with Crippen molar-refractivity contribution in [3.05, 3.63) is 0 Å². The van der Waals surface area contributed by atoms with E-state index in [-0.39, 0.29) is 6.54 Å². The lowest BCUT2D eigenvalue weighted by Gasteiger charge is -2.36. The van der Waals surface area contributed by atoms with Crippen LogP contribution in [0.4, 0.5) is 0 Å². The summed E-state index contributed by atoms with van der Waals surface area (Å²) in [5, 5.41) is 10.5. The molecule has 0 aromatic carbocycles. The van der Waals surface area contributed by atoms with E-state index in [9.17, 15) is 13.5 Å². The van der Waals surface area contributed by atoms with Gasteiger partial charge in [0, 0.05) is 52.7 Å². The first-order valence-electron chi connectivity index (χ1n) is 7.46. The van der Waals surface area contributed by atoms with Crippen LogP contribution in [0.15, 0.2) is 0 Å². The predicted octanol–water partition coefficient (Wildman–Crippen LogP) is 0.580. The van der Waals surface area contributed by atoms with E-state index in [1.165, 1.54) is 4.31 Å². The van der Waals surface area contributed by atoms with Gasteiger partial charge in [-0.1, -0.05) is 12.8 Å². The molecule has 118 valence electrons. The van der Waals surface area contributed by atoms with Gasteiger partial charge in [0.1, 0.15) is 0 Å². The molecule has 0 spiro atoms. The van der Waals surface area contributed by atoms with E-state index in [2.05, 4.69) is 0 Å². The third kappa shape index (κ3) is 3.92. The van der Waals surface area contributed by atoms with Crippen molar-refractivity contribution in [2.75, 3.05) is 39.9 Å². The van der Waals surface area contributed by atoms with Crippen LogP contribution in [0.3, 0.4) is 0 Å².